The Balaban J connectivity index is 1.70. The number of oxime groups is 1. The van der Waals surface area contributed by atoms with Gasteiger partial charge in [-0.1, -0.05) is 35.5 Å². The fourth-order valence-electron chi connectivity index (χ4n) is 3.30. The molecular formula is C20H18ClN3O9S. The number of aliphatic carboxylic acids is 1. The number of Topliss-reactive ketones (excluding diaryl/α,β-unsaturated/α-hetero) is 1. The maximum Gasteiger partial charge on any atom is 0.352 e. The van der Waals surface area contributed by atoms with Crippen LogP contribution in [0.3, 0.4) is 0 Å². The number of halogens is 1. The van der Waals surface area contributed by atoms with E-state index in [2.05, 4.69) is 10.5 Å². The van der Waals surface area contributed by atoms with Crippen LogP contribution in [-0.4, -0.2) is 85.2 Å². The number of rotatable bonds is 9. The van der Waals surface area contributed by atoms with Crippen LogP contribution in [-0.2, 0) is 28.7 Å². The van der Waals surface area contributed by atoms with E-state index in [1.165, 1.54) is 12.1 Å². The second-order valence-corrected chi connectivity index (χ2v) is 8.42. The van der Waals surface area contributed by atoms with Crippen LogP contribution >= 0.6 is 23.4 Å². The second kappa shape index (κ2) is 10.7. The number of carbonyl (C=O) groups excluding carboxylic acids is 4. The summed E-state index contributed by atoms with van der Waals surface area (Å²) >= 11 is 6.43. The van der Waals surface area contributed by atoms with Crippen LogP contribution in [0.25, 0.3) is 0 Å². The van der Waals surface area contributed by atoms with Crippen molar-refractivity contribution in [2.45, 2.75) is 17.5 Å². The zero-order valence-electron chi connectivity index (χ0n) is 17.2. The monoisotopic (exact) mass is 511 g/mol. The average Bonchev–Trinajstić information content (AvgIpc) is 2.85. The van der Waals surface area contributed by atoms with Crippen molar-refractivity contribution in [2.24, 2.45) is 5.16 Å². The molecule has 1 aromatic rings. The van der Waals surface area contributed by atoms with Gasteiger partial charge in [-0.05, 0) is 5.56 Å². The predicted octanol–water partition coefficient (Wildman–Crippen LogP) is -0.360. The lowest BCUT2D eigenvalue weighted by atomic mass is 10.0. The lowest BCUT2D eigenvalue weighted by Crippen LogP contribution is -2.71. The van der Waals surface area contributed by atoms with Crippen molar-refractivity contribution < 1.29 is 44.1 Å². The Hall–Kier alpha value is -3.42. The van der Waals surface area contributed by atoms with Crippen molar-refractivity contribution in [1.29, 1.82) is 0 Å². The summed E-state index contributed by atoms with van der Waals surface area (Å²) in [6, 6.07) is 6.82. The number of hydrogen-bond donors (Lipinski definition) is 4. The molecule has 2 unspecified atom stereocenters. The number of ketones is 1. The molecule has 2 heterocycles. The van der Waals surface area contributed by atoms with E-state index in [4.69, 9.17) is 21.5 Å². The van der Waals surface area contributed by atoms with Crippen molar-refractivity contribution in [1.82, 2.24) is 10.2 Å². The number of nitrogens with zero attached hydrogens (tertiary/aromatic N) is 2. The van der Waals surface area contributed by atoms with E-state index in [1.54, 1.807) is 18.2 Å². The molecule has 180 valence electrons. The summed E-state index contributed by atoms with van der Waals surface area (Å²) < 4.78 is 5.07. The molecule has 4 N–H and O–H groups in total. The molecule has 0 bridgehead atoms. The summed E-state index contributed by atoms with van der Waals surface area (Å²) in [4.78, 5) is 61.3. The molecule has 1 saturated heterocycles. The van der Waals surface area contributed by atoms with Crippen LogP contribution in [0.2, 0.25) is 0 Å². The molecule has 2 amide bonds. The number of alkyl halides is 1. The minimum Gasteiger partial charge on any atom is -0.477 e. The maximum absolute atomic E-state index is 12.6. The topological polar surface area (TPSA) is 183 Å². The smallest absolute Gasteiger partial charge is 0.352 e. The van der Waals surface area contributed by atoms with E-state index < -0.39 is 71.0 Å². The van der Waals surface area contributed by atoms with Crippen molar-refractivity contribution >= 4 is 58.6 Å². The normalized spacial score (nSPS) is 20.7. The zero-order valence-corrected chi connectivity index (χ0v) is 18.8. The molecule has 0 spiro atoms. The van der Waals surface area contributed by atoms with Gasteiger partial charge in [0, 0.05) is 11.3 Å². The van der Waals surface area contributed by atoms with Crippen molar-refractivity contribution in [3.8, 4) is 0 Å². The zero-order chi connectivity index (χ0) is 25.0. The number of carboxylic acid groups (broad SMARTS) is 1. The van der Waals surface area contributed by atoms with Gasteiger partial charge in [-0.3, -0.25) is 19.3 Å². The molecule has 14 heteroatoms. The van der Waals surface area contributed by atoms with E-state index in [0.29, 0.717) is 5.56 Å². The van der Waals surface area contributed by atoms with Gasteiger partial charge < -0.3 is 25.5 Å². The van der Waals surface area contributed by atoms with Gasteiger partial charge in [-0.25, -0.2) is 9.59 Å². The molecule has 1 aromatic carbocycles. The number of thioether (sulfide) groups is 1. The number of carboxylic acids is 1. The first-order valence-corrected chi connectivity index (χ1v) is 11.2. The van der Waals surface area contributed by atoms with E-state index in [9.17, 15) is 34.2 Å². The molecule has 1 fully saturated rings. The Bertz CT molecular complexity index is 1090. The molecule has 0 radical (unpaired) electrons. The lowest BCUT2D eigenvalue weighted by Gasteiger charge is -2.49. The van der Waals surface area contributed by atoms with E-state index in [-0.39, 0.29) is 11.3 Å². The number of benzene rings is 1. The first-order chi connectivity index (χ1) is 16.2. The highest BCUT2D eigenvalue weighted by atomic mass is 35.5. The fourth-order valence-corrected chi connectivity index (χ4v) is 4.76. The third-order valence-corrected chi connectivity index (χ3v) is 6.55. The summed E-state index contributed by atoms with van der Waals surface area (Å²) in [7, 11) is 0. The Morgan fingerprint density at radius 2 is 1.94 bits per heavy atom. The van der Waals surface area contributed by atoms with Gasteiger partial charge >= 0.3 is 11.9 Å². The molecule has 3 rings (SSSR count). The number of aliphatic hydroxyl groups is 1. The molecule has 0 saturated carbocycles. The number of carbonyl (C=O) groups is 5. The van der Waals surface area contributed by atoms with E-state index in [1.807, 2.05) is 0 Å². The standard InChI is InChI=1S/C20H18ClN3O9S/c21-6-11(25)12(23-32)16(27)22-13-17(28)24-14(19(29)30)10(8-34-18(13)24)7-33-20(31)15(26)9-4-2-1-3-5-9/h1-5,13,15,18,26,32H,6-8H2,(H,22,27)(H,29,30)/b23-12-/t13?,15?,18-/m1/s1. The second-order valence-electron chi connectivity index (χ2n) is 7.04. The number of fused-ring (bicyclic) bond motifs is 1. The number of β-lactam (4-membered cyclic amide) rings is 1. The third kappa shape index (κ3) is 4.90. The summed E-state index contributed by atoms with van der Waals surface area (Å²) in [6.07, 6.45) is -1.57. The average molecular weight is 512 g/mol. The number of nitrogens with one attached hydrogen (secondary N) is 1. The summed E-state index contributed by atoms with van der Waals surface area (Å²) in [6.45, 7) is -0.476. The Labute approximate surface area is 201 Å². The fraction of sp³-hybridized carbons (Fsp3) is 0.300. The SMILES string of the molecule is O=C(O)C1=C(COC(=O)C(O)c2ccccc2)CS[C@@H]2C(NC(=O)/C(=N\O)C(=O)CCl)C(=O)N12. The first-order valence-electron chi connectivity index (χ1n) is 9.63. The predicted molar refractivity (Wildman–Crippen MR) is 117 cm³/mol. The molecule has 2 aliphatic heterocycles. The lowest BCUT2D eigenvalue weighted by molar-refractivity contribution is -0.153. The summed E-state index contributed by atoms with van der Waals surface area (Å²) in [5, 5.41) is 32.6. The third-order valence-electron chi connectivity index (χ3n) is 4.96. The quantitative estimate of drug-likeness (QED) is 0.0649. The highest BCUT2D eigenvalue weighted by Gasteiger charge is 2.54. The van der Waals surface area contributed by atoms with Gasteiger partial charge in [0.1, 0.15) is 23.7 Å². The van der Waals surface area contributed by atoms with Crippen molar-refractivity contribution in [3.63, 3.8) is 0 Å². The van der Waals surface area contributed by atoms with Gasteiger partial charge in [-0.15, -0.1) is 23.4 Å². The molecule has 3 atom stereocenters. The largest absolute Gasteiger partial charge is 0.477 e. The number of aliphatic hydroxyl groups excluding tert-OH is 1. The first kappa shape index (κ1) is 25.2. The van der Waals surface area contributed by atoms with Crippen LogP contribution in [0, 0.1) is 0 Å². The minimum atomic E-state index is -1.57. The van der Waals surface area contributed by atoms with Crippen LogP contribution in [0.1, 0.15) is 11.7 Å². The van der Waals surface area contributed by atoms with E-state index in [0.717, 1.165) is 16.7 Å². The molecule has 34 heavy (non-hydrogen) atoms. The molecular weight excluding hydrogens is 494 g/mol. The number of amides is 2. The molecule has 2 aliphatic rings. The summed E-state index contributed by atoms with van der Waals surface area (Å²) in [5.74, 6) is -5.91. The van der Waals surface area contributed by atoms with Crippen LogP contribution in [0.5, 0.6) is 0 Å². The Kier molecular flexibility index (Phi) is 7.91. The molecule has 0 aliphatic carbocycles. The Morgan fingerprint density at radius 1 is 1.26 bits per heavy atom. The number of ether oxygens (including phenoxy) is 1. The highest BCUT2D eigenvalue weighted by Crippen LogP contribution is 2.40. The molecule has 0 aromatic heterocycles. The van der Waals surface area contributed by atoms with Crippen LogP contribution < -0.4 is 5.32 Å². The Morgan fingerprint density at radius 3 is 2.53 bits per heavy atom. The van der Waals surface area contributed by atoms with Crippen molar-refractivity contribution in [2.75, 3.05) is 18.2 Å². The van der Waals surface area contributed by atoms with Gasteiger partial charge in [0.25, 0.3) is 11.8 Å². The van der Waals surface area contributed by atoms with Gasteiger partial charge in [-0.2, -0.15) is 0 Å². The van der Waals surface area contributed by atoms with Crippen LogP contribution in [0.15, 0.2) is 46.8 Å². The van der Waals surface area contributed by atoms with E-state index >= 15 is 0 Å². The van der Waals surface area contributed by atoms with Gasteiger partial charge in [0.15, 0.2) is 6.10 Å². The molecule has 12 nitrogen and oxygen atoms in total. The number of hydrogen-bond acceptors (Lipinski definition) is 10. The number of esters is 1. The van der Waals surface area contributed by atoms with Gasteiger partial charge in [0.05, 0.1) is 5.88 Å². The van der Waals surface area contributed by atoms with Gasteiger partial charge in [0.2, 0.25) is 11.5 Å². The summed E-state index contributed by atoms with van der Waals surface area (Å²) in [5.41, 5.74) is -0.877. The van der Waals surface area contributed by atoms with Crippen molar-refractivity contribution in [3.05, 3.63) is 47.2 Å². The maximum atomic E-state index is 12.6. The highest BCUT2D eigenvalue weighted by molar-refractivity contribution is 8.00. The minimum absolute atomic E-state index is 0.0404. The van der Waals surface area contributed by atoms with Crippen LogP contribution in [0.4, 0.5) is 0 Å².